The Morgan fingerprint density at radius 2 is 1.21 bits per heavy atom. The summed E-state index contributed by atoms with van der Waals surface area (Å²) in [6.45, 7) is 4.90. The predicted molar refractivity (Wildman–Crippen MR) is 90.3 cm³/mol. The number of hydrogen-bond donors (Lipinski definition) is 1. The molecular formula is C18H32O6. The summed E-state index contributed by atoms with van der Waals surface area (Å²) >= 11 is 0. The second-order valence-electron chi connectivity index (χ2n) is 7.04. The molecule has 0 atom stereocenters. The molecule has 6 heteroatoms. The number of hydrogen-bond acceptors (Lipinski definition) is 5. The van der Waals surface area contributed by atoms with E-state index < -0.39 is 17.4 Å². The van der Waals surface area contributed by atoms with Crippen LogP contribution in [0.15, 0.2) is 0 Å². The average Bonchev–Trinajstić information content (AvgIpc) is 2.47. The van der Waals surface area contributed by atoms with Gasteiger partial charge in [-0.05, 0) is 33.6 Å². The van der Waals surface area contributed by atoms with E-state index in [9.17, 15) is 14.4 Å². The molecule has 0 radical (unpaired) electrons. The Hall–Kier alpha value is -1.59. The van der Waals surface area contributed by atoms with Crippen LogP contribution in [-0.2, 0) is 23.9 Å². The molecule has 0 aromatic rings. The third-order valence-electron chi connectivity index (χ3n) is 3.54. The van der Waals surface area contributed by atoms with E-state index >= 15 is 0 Å². The van der Waals surface area contributed by atoms with Crippen LogP contribution in [0.2, 0.25) is 0 Å². The molecule has 0 bridgehead atoms. The van der Waals surface area contributed by atoms with Crippen molar-refractivity contribution in [3.8, 4) is 0 Å². The Morgan fingerprint density at radius 1 is 0.750 bits per heavy atom. The van der Waals surface area contributed by atoms with Gasteiger partial charge in [-0.3, -0.25) is 14.4 Å². The number of ether oxygens (including phenoxy) is 2. The van der Waals surface area contributed by atoms with Gasteiger partial charge in [-0.25, -0.2) is 0 Å². The zero-order chi connectivity index (χ0) is 18.4. The number of rotatable bonds is 13. The summed E-state index contributed by atoms with van der Waals surface area (Å²) in [6.07, 6.45) is 8.38. The standard InChI is InChI=1S/C18H32O6/c1-18(2,3)17(22)24-14-23-16(21)13-11-9-7-5-4-6-8-10-12-15(19)20/h4-14H2,1-3H3,(H,19,20). The maximum atomic E-state index is 11.5. The van der Waals surface area contributed by atoms with Crippen LogP contribution in [0, 0.1) is 5.41 Å². The second-order valence-corrected chi connectivity index (χ2v) is 7.04. The van der Waals surface area contributed by atoms with E-state index in [2.05, 4.69) is 0 Å². The molecular weight excluding hydrogens is 312 g/mol. The van der Waals surface area contributed by atoms with Crippen molar-refractivity contribution in [3.05, 3.63) is 0 Å². The third-order valence-corrected chi connectivity index (χ3v) is 3.54. The van der Waals surface area contributed by atoms with E-state index in [1.165, 1.54) is 0 Å². The zero-order valence-electron chi connectivity index (χ0n) is 15.3. The topological polar surface area (TPSA) is 89.9 Å². The Balaban J connectivity index is 3.38. The highest BCUT2D eigenvalue weighted by Gasteiger charge is 2.23. The number of esters is 2. The summed E-state index contributed by atoms with van der Waals surface area (Å²) < 4.78 is 9.73. The van der Waals surface area contributed by atoms with Crippen LogP contribution in [0.25, 0.3) is 0 Å². The SMILES string of the molecule is CC(C)(C)C(=O)OCOC(=O)CCCCCCCCCCC(=O)O. The minimum Gasteiger partial charge on any atom is -0.481 e. The second kappa shape index (κ2) is 12.8. The van der Waals surface area contributed by atoms with Crippen molar-refractivity contribution in [1.82, 2.24) is 0 Å². The molecule has 24 heavy (non-hydrogen) atoms. The van der Waals surface area contributed by atoms with E-state index in [-0.39, 0.29) is 19.2 Å². The molecule has 0 aromatic heterocycles. The first-order chi connectivity index (χ1) is 11.2. The van der Waals surface area contributed by atoms with Crippen molar-refractivity contribution in [2.75, 3.05) is 6.79 Å². The van der Waals surface area contributed by atoms with Gasteiger partial charge >= 0.3 is 17.9 Å². The molecule has 0 saturated carbocycles. The maximum Gasteiger partial charge on any atom is 0.314 e. The molecule has 0 aliphatic rings. The summed E-state index contributed by atoms with van der Waals surface area (Å²) in [5.74, 6) is -1.46. The molecule has 0 rings (SSSR count). The molecule has 0 saturated heterocycles. The summed E-state index contributed by atoms with van der Waals surface area (Å²) in [7, 11) is 0. The molecule has 6 nitrogen and oxygen atoms in total. The Labute approximate surface area is 144 Å². The Bertz CT molecular complexity index is 383. The molecule has 0 fully saturated rings. The molecule has 0 aliphatic heterocycles. The van der Waals surface area contributed by atoms with E-state index in [1.807, 2.05) is 0 Å². The lowest BCUT2D eigenvalue weighted by atomic mass is 9.98. The first-order valence-electron chi connectivity index (χ1n) is 8.78. The molecule has 0 aromatic carbocycles. The fraction of sp³-hybridized carbons (Fsp3) is 0.833. The molecule has 140 valence electrons. The summed E-state index contributed by atoms with van der Waals surface area (Å²) in [6, 6.07) is 0. The van der Waals surface area contributed by atoms with Gasteiger partial charge in [0.05, 0.1) is 5.41 Å². The van der Waals surface area contributed by atoms with Crippen molar-refractivity contribution < 1.29 is 29.0 Å². The highest BCUT2D eigenvalue weighted by molar-refractivity contribution is 5.75. The molecule has 0 aliphatic carbocycles. The third kappa shape index (κ3) is 14.0. The van der Waals surface area contributed by atoms with Crippen LogP contribution < -0.4 is 0 Å². The van der Waals surface area contributed by atoms with Crippen molar-refractivity contribution in [2.24, 2.45) is 5.41 Å². The number of unbranched alkanes of at least 4 members (excludes halogenated alkanes) is 7. The summed E-state index contributed by atoms with van der Waals surface area (Å²) in [5, 5.41) is 8.51. The van der Waals surface area contributed by atoms with E-state index in [1.54, 1.807) is 20.8 Å². The summed E-state index contributed by atoms with van der Waals surface area (Å²) in [4.78, 5) is 33.3. The number of carbonyl (C=O) groups is 3. The smallest absolute Gasteiger partial charge is 0.314 e. The van der Waals surface area contributed by atoms with Crippen LogP contribution in [-0.4, -0.2) is 29.8 Å². The van der Waals surface area contributed by atoms with Crippen molar-refractivity contribution in [3.63, 3.8) is 0 Å². The van der Waals surface area contributed by atoms with Gasteiger partial charge in [0.25, 0.3) is 0 Å². The monoisotopic (exact) mass is 344 g/mol. The predicted octanol–water partition coefficient (Wildman–Crippen LogP) is 4.06. The fourth-order valence-electron chi connectivity index (χ4n) is 2.04. The first-order valence-corrected chi connectivity index (χ1v) is 8.78. The van der Waals surface area contributed by atoms with Crippen molar-refractivity contribution in [2.45, 2.75) is 85.0 Å². The lowest BCUT2D eigenvalue weighted by Gasteiger charge is -2.16. The number of aliphatic carboxylic acids is 1. The van der Waals surface area contributed by atoms with Crippen LogP contribution in [0.1, 0.15) is 85.0 Å². The molecule has 0 spiro atoms. The van der Waals surface area contributed by atoms with Gasteiger partial charge in [-0.15, -0.1) is 0 Å². The lowest BCUT2D eigenvalue weighted by molar-refractivity contribution is -0.173. The van der Waals surface area contributed by atoms with Crippen LogP contribution in [0.5, 0.6) is 0 Å². The highest BCUT2D eigenvalue weighted by atomic mass is 16.7. The quantitative estimate of drug-likeness (QED) is 0.308. The first kappa shape index (κ1) is 22.4. The maximum absolute atomic E-state index is 11.5. The molecule has 0 unspecified atom stereocenters. The van der Waals surface area contributed by atoms with Gasteiger partial charge in [-0.2, -0.15) is 0 Å². The van der Waals surface area contributed by atoms with Gasteiger partial charge in [0.1, 0.15) is 0 Å². The number of carboxylic acids is 1. The fourth-order valence-corrected chi connectivity index (χ4v) is 2.04. The average molecular weight is 344 g/mol. The normalized spacial score (nSPS) is 11.1. The van der Waals surface area contributed by atoms with E-state index in [4.69, 9.17) is 14.6 Å². The van der Waals surface area contributed by atoms with Crippen LogP contribution >= 0.6 is 0 Å². The van der Waals surface area contributed by atoms with Crippen LogP contribution in [0.4, 0.5) is 0 Å². The van der Waals surface area contributed by atoms with Gasteiger partial charge in [0, 0.05) is 12.8 Å². The minimum atomic E-state index is -0.727. The minimum absolute atomic E-state index is 0.257. The van der Waals surface area contributed by atoms with Gasteiger partial charge in [0.15, 0.2) is 0 Å². The molecule has 0 heterocycles. The molecule has 0 amide bonds. The van der Waals surface area contributed by atoms with Gasteiger partial charge < -0.3 is 14.6 Å². The zero-order valence-corrected chi connectivity index (χ0v) is 15.3. The van der Waals surface area contributed by atoms with Crippen LogP contribution in [0.3, 0.4) is 0 Å². The molecule has 1 N–H and O–H groups in total. The number of carbonyl (C=O) groups excluding carboxylic acids is 2. The largest absolute Gasteiger partial charge is 0.481 e. The van der Waals surface area contributed by atoms with E-state index in [0.717, 1.165) is 51.4 Å². The number of carboxylic acid groups (broad SMARTS) is 1. The Kier molecular flexibility index (Phi) is 11.9. The summed E-state index contributed by atoms with van der Waals surface area (Å²) in [5.41, 5.74) is -0.597. The van der Waals surface area contributed by atoms with E-state index in [0.29, 0.717) is 6.42 Å². The van der Waals surface area contributed by atoms with Gasteiger partial charge in [-0.1, -0.05) is 38.5 Å². The lowest BCUT2D eigenvalue weighted by Crippen LogP contribution is -2.24. The van der Waals surface area contributed by atoms with Crippen molar-refractivity contribution >= 4 is 17.9 Å². The van der Waals surface area contributed by atoms with Crippen molar-refractivity contribution in [1.29, 1.82) is 0 Å². The Morgan fingerprint density at radius 3 is 1.67 bits per heavy atom. The van der Waals surface area contributed by atoms with Gasteiger partial charge in [0.2, 0.25) is 6.79 Å². The highest BCUT2D eigenvalue weighted by Crippen LogP contribution is 2.15.